The van der Waals surface area contributed by atoms with Gasteiger partial charge in [-0.15, -0.1) is 5.10 Å². The highest BCUT2D eigenvalue weighted by molar-refractivity contribution is 6.42. The Balaban J connectivity index is 1.55. The Bertz CT molecular complexity index is 1420. The van der Waals surface area contributed by atoms with Crippen LogP contribution in [0.2, 0.25) is 10.0 Å². The second-order valence-corrected chi connectivity index (χ2v) is 7.33. The summed E-state index contributed by atoms with van der Waals surface area (Å²) in [5.41, 5.74) is 1.38. The smallest absolute Gasteiger partial charge is 0.326 e. The number of benzene rings is 1. The number of halogens is 2. The first-order valence-electron chi connectivity index (χ1n) is 9.22. The molecule has 0 radical (unpaired) electrons. The Kier molecular flexibility index (Phi) is 4.72. The number of hydrogen-bond acceptors (Lipinski definition) is 6. The van der Waals surface area contributed by atoms with Gasteiger partial charge in [0.1, 0.15) is 0 Å². The van der Waals surface area contributed by atoms with Crippen molar-refractivity contribution in [3.05, 3.63) is 52.8 Å². The van der Waals surface area contributed by atoms with Crippen LogP contribution in [0.3, 0.4) is 0 Å². The summed E-state index contributed by atoms with van der Waals surface area (Å²) in [6.45, 7) is 2.62. The first-order valence-corrected chi connectivity index (χ1v) is 9.98. The van der Waals surface area contributed by atoms with Crippen molar-refractivity contribution >= 4 is 57.5 Å². The van der Waals surface area contributed by atoms with E-state index in [0.717, 1.165) is 0 Å². The van der Waals surface area contributed by atoms with Crippen molar-refractivity contribution in [1.29, 1.82) is 0 Å². The maximum absolute atomic E-state index is 12.6. The molecule has 0 aliphatic heterocycles. The number of fused-ring (bicyclic) bond motifs is 3. The number of amides is 2. The number of nitrogens with one attached hydrogen (secondary N) is 2. The molecule has 0 atom stereocenters. The average molecular weight is 457 g/mol. The van der Waals surface area contributed by atoms with Gasteiger partial charge >= 0.3 is 6.03 Å². The summed E-state index contributed by atoms with van der Waals surface area (Å²) < 4.78 is 8.58. The van der Waals surface area contributed by atoms with Crippen LogP contribution in [0.4, 0.5) is 16.4 Å². The zero-order chi connectivity index (χ0) is 21.5. The molecule has 2 amide bonds. The average Bonchev–Trinajstić information content (AvgIpc) is 3.48. The predicted octanol–water partition coefficient (Wildman–Crippen LogP) is 4.70. The molecule has 156 valence electrons. The number of carbonyl (C=O) groups is 1. The number of rotatable bonds is 4. The molecule has 2 N–H and O–H groups in total. The van der Waals surface area contributed by atoms with Gasteiger partial charge in [-0.2, -0.15) is 14.6 Å². The molecular weight excluding hydrogens is 443 g/mol. The number of aryl methyl sites for hydroxylation is 1. The van der Waals surface area contributed by atoms with Crippen LogP contribution in [0.15, 0.2) is 47.2 Å². The van der Waals surface area contributed by atoms with E-state index in [0.29, 0.717) is 50.5 Å². The minimum Gasteiger partial charge on any atom is -0.461 e. The molecule has 0 saturated carbocycles. The quantitative estimate of drug-likeness (QED) is 0.404. The van der Waals surface area contributed by atoms with Crippen molar-refractivity contribution in [1.82, 2.24) is 29.4 Å². The molecule has 4 aromatic heterocycles. The molecular formula is C19H14Cl2N8O2. The van der Waals surface area contributed by atoms with Crippen molar-refractivity contribution in [2.24, 2.45) is 0 Å². The Labute approximate surface area is 184 Å². The predicted molar refractivity (Wildman–Crippen MR) is 117 cm³/mol. The van der Waals surface area contributed by atoms with Crippen LogP contribution in [-0.4, -0.2) is 35.4 Å². The van der Waals surface area contributed by atoms with Gasteiger partial charge < -0.3 is 9.73 Å². The van der Waals surface area contributed by atoms with Gasteiger partial charge in [-0.3, -0.25) is 10.00 Å². The maximum Gasteiger partial charge on any atom is 0.326 e. The van der Waals surface area contributed by atoms with E-state index in [-0.39, 0.29) is 5.95 Å². The van der Waals surface area contributed by atoms with Crippen molar-refractivity contribution in [3.8, 4) is 11.6 Å². The lowest BCUT2D eigenvalue weighted by molar-refractivity contribution is 0.262. The van der Waals surface area contributed by atoms with Crippen molar-refractivity contribution in [3.63, 3.8) is 0 Å². The molecule has 0 bridgehead atoms. The monoisotopic (exact) mass is 456 g/mol. The molecule has 5 aromatic rings. The summed E-state index contributed by atoms with van der Waals surface area (Å²) >= 11 is 11.9. The third-order valence-corrected chi connectivity index (χ3v) is 5.21. The number of carbonyl (C=O) groups excluding carboxylic acids is 1. The minimum atomic E-state index is -0.545. The van der Waals surface area contributed by atoms with Crippen molar-refractivity contribution < 1.29 is 9.21 Å². The van der Waals surface area contributed by atoms with Crippen LogP contribution in [-0.2, 0) is 6.54 Å². The summed E-state index contributed by atoms with van der Waals surface area (Å²) in [6.07, 6.45) is 3.37. The normalized spacial score (nSPS) is 11.3. The summed E-state index contributed by atoms with van der Waals surface area (Å²) in [6, 6.07) is 7.71. The van der Waals surface area contributed by atoms with Crippen LogP contribution in [0.1, 0.15) is 6.92 Å². The molecule has 12 heteroatoms. The lowest BCUT2D eigenvalue weighted by Crippen LogP contribution is -2.22. The van der Waals surface area contributed by atoms with Crippen LogP contribution in [0.25, 0.3) is 28.3 Å². The van der Waals surface area contributed by atoms with Gasteiger partial charge in [-0.05, 0) is 37.3 Å². The molecule has 0 saturated heterocycles. The lowest BCUT2D eigenvalue weighted by atomic mass is 10.3. The second kappa shape index (κ2) is 7.56. The number of anilines is 2. The van der Waals surface area contributed by atoms with Gasteiger partial charge in [0.25, 0.3) is 0 Å². The Morgan fingerprint density at radius 3 is 2.74 bits per heavy atom. The van der Waals surface area contributed by atoms with Crippen LogP contribution >= 0.6 is 23.2 Å². The molecule has 5 rings (SSSR count). The topological polar surface area (TPSA) is 115 Å². The Morgan fingerprint density at radius 2 is 2.00 bits per heavy atom. The fourth-order valence-corrected chi connectivity index (χ4v) is 3.32. The van der Waals surface area contributed by atoms with E-state index in [2.05, 4.69) is 30.8 Å². The molecule has 10 nitrogen and oxygen atoms in total. The van der Waals surface area contributed by atoms with Gasteiger partial charge in [0.2, 0.25) is 11.8 Å². The fraction of sp³-hybridized carbons (Fsp3) is 0.105. The van der Waals surface area contributed by atoms with E-state index in [1.165, 1.54) is 10.8 Å². The zero-order valence-corrected chi connectivity index (χ0v) is 17.5. The Hall–Kier alpha value is -3.63. The number of aromatic nitrogens is 6. The van der Waals surface area contributed by atoms with E-state index in [9.17, 15) is 4.79 Å². The summed E-state index contributed by atoms with van der Waals surface area (Å²) in [7, 11) is 0. The second-order valence-electron chi connectivity index (χ2n) is 6.51. The van der Waals surface area contributed by atoms with Crippen LogP contribution in [0, 0.1) is 0 Å². The van der Waals surface area contributed by atoms with Gasteiger partial charge in [-0.1, -0.05) is 23.2 Å². The van der Waals surface area contributed by atoms with Crippen LogP contribution in [0.5, 0.6) is 0 Å². The maximum atomic E-state index is 12.6. The molecule has 0 spiro atoms. The molecule has 0 aliphatic rings. The highest BCUT2D eigenvalue weighted by Gasteiger charge is 2.19. The standard InChI is InChI=1S/C19H14Cl2N8O2/c1-2-28-9-11-15(26-28)24-18(25-19(30)22-10-5-6-12(20)13(21)8-10)29-17(11)23-16(27-29)14-4-3-7-31-14/h3-9H,2H2,1H3,(H2,22,24,25,26,30). The molecule has 4 heterocycles. The number of furan rings is 1. The van der Waals surface area contributed by atoms with Gasteiger partial charge in [0.05, 0.1) is 21.7 Å². The SMILES string of the molecule is CCn1cc2c(nc(NC(=O)Nc3ccc(Cl)c(Cl)c3)n3nc(-c4ccco4)nc23)n1. The molecule has 31 heavy (non-hydrogen) atoms. The molecule has 0 fully saturated rings. The van der Waals surface area contributed by atoms with Gasteiger partial charge in [-0.25, -0.2) is 9.78 Å². The largest absolute Gasteiger partial charge is 0.461 e. The van der Waals surface area contributed by atoms with E-state index in [4.69, 9.17) is 27.6 Å². The summed E-state index contributed by atoms with van der Waals surface area (Å²) in [4.78, 5) is 21.6. The van der Waals surface area contributed by atoms with E-state index in [1.54, 1.807) is 35.0 Å². The Morgan fingerprint density at radius 1 is 1.13 bits per heavy atom. The highest BCUT2D eigenvalue weighted by atomic mass is 35.5. The van der Waals surface area contributed by atoms with E-state index in [1.807, 2.05) is 13.1 Å². The third kappa shape index (κ3) is 3.56. The van der Waals surface area contributed by atoms with Crippen LogP contribution < -0.4 is 10.6 Å². The third-order valence-electron chi connectivity index (χ3n) is 4.47. The highest BCUT2D eigenvalue weighted by Crippen LogP contribution is 2.26. The molecule has 0 aliphatic carbocycles. The molecule has 0 unspecified atom stereocenters. The first kappa shape index (κ1) is 19.3. The number of urea groups is 1. The summed E-state index contributed by atoms with van der Waals surface area (Å²) in [5.74, 6) is 0.995. The van der Waals surface area contributed by atoms with Crippen molar-refractivity contribution in [2.45, 2.75) is 13.5 Å². The molecule has 1 aromatic carbocycles. The first-order chi connectivity index (χ1) is 15.0. The van der Waals surface area contributed by atoms with Gasteiger partial charge in [0, 0.05) is 18.4 Å². The van der Waals surface area contributed by atoms with Gasteiger partial charge in [0.15, 0.2) is 17.1 Å². The lowest BCUT2D eigenvalue weighted by Gasteiger charge is -2.08. The fourth-order valence-electron chi connectivity index (χ4n) is 3.02. The number of nitrogens with zero attached hydrogens (tertiary/aromatic N) is 6. The van der Waals surface area contributed by atoms with Crippen molar-refractivity contribution in [2.75, 3.05) is 10.6 Å². The minimum absolute atomic E-state index is 0.145. The number of hydrogen-bond donors (Lipinski definition) is 2. The zero-order valence-electron chi connectivity index (χ0n) is 16.0. The van der Waals surface area contributed by atoms with E-state index < -0.39 is 6.03 Å². The summed E-state index contributed by atoms with van der Waals surface area (Å²) in [5, 5.41) is 15.7. The van der Waals surface area contributed by atoms with E-state index >= 15 is 0 Å².